The fraction of sp³-hybridized carbons (Fsp3) is 0. The van der Waals surface area contributed by atoms with E-state index in [1.54, 1.807) is 0 Å². The molecule has 0 aliphatic rings. The molecule has 0 atom stereocenters. The van der Waals surface area contributed by atoms with Gasteiger partial charge in [-0.3, -0.25) is 0 Å². The van der Waals surface area contributed by atoms with E-state index >= 15 is 0 Å². The molecule has 0 saturated heterocycles. The molecule has 0 N–H and O–H groups in total. The number of hydrogen-bond acceptors (Lipinski definition) is 5. The molecule has 0 rings (SSSR count). The van der Waals surface area contributed by atoms with E-state index in [1.807, 2.05) is 0 Å². The number of hydrogen-bond donors (Lipinski definition) is 0. The molecule has 6 heteroatoms. The zero-order chi connectivity index (χ0) is 8.98. The molecule has 0 aromatic heterocycles. The maximum atomic E-state index is 8.35. The SMILES string of the molecule is N#[C][Fe]([C]#N)([C]#N)([C]#N)[C]#N. The van der Waals surface area contributed by atoms with E-state index in [-0.39, 0.29) is 0 Å². The van der Waals surface area contributed by atoms with Gasteiger partial charge in [0, 0.05) is 0 Å². The van der Waals surface area contributed by atoms with Crippen LogP contribution in [0.25, 0.3) is 0 Å². The summed E-state index contributed by atoms with van der Waals surface area (Å²) >= 11 is -4.78. The van der Waals surface area contributed by atoms with Crippen molar-refractivity contribution in [3.05, 3.63) is 0 Å². The minimum absolute atomic E-state index is 1.23. The summed E-state index contributed by atoms with van der Waals surface area (Å²) in [7, 11) is 0. The Morgan fingerprint density at radius 2 is 0.727 bits per heavy atom. The van der Waals surface area contributed by atoms with Gasteiger partial charge in [-0.15, -0.1) is 0 Å². The molecular weight excluding hydrogens is 186 g/mol. The van der Waals surface area contributed by atoms with E-state index < -0.39 is 11.8 Å². The average Bonchev–Trinajstić information content (AvgIpc) is 2.12. The zero-order valence-electron chi connectivity index (χ0n) is 5.09. The first kappa shape index (κ1) is 8.97. The summed E-state index contributed by atoms with van der Waals surface area (Å²) in [4.78, 5) is 6.12. The van der Waals surface area contributed by atoms with Crippen molar-refractivity contribution in [3.8, 4) is 24.8 Å². The summed E-state index contributed by atoms with van der Waals surface area (Å²) in [6, 6.07) is 0. The molecule has 0 radical (unpaired) electrons. The summed E-state index contributed by atoms with van der Waals surface area (Å²) in [5.74, 6) is 0. The monoisotopic (exact) mass is 186 g/mol. The van der Waals surface area contributed by atoms with Gasteiger partial charge in [-0.1, -0.05) is 0 Å². The third-order valence-corrected chi connectivity index (χ3v) is 3.26. The Morgan fingerprint density at radius 3 is 0.727 bits per heavy atom. The fourth-order valence-corrected chi connectivity index (χ4v) is 0.729. The van der Waals surface area contributed by atoms with Crippen LogP contribution in [0.15, 0.2) is 0 Å². The zero-order valence-corrected chi connectivity index (χ0v) is 6.19. The molecule has 0 aliphatic carbocycles. The molecule has 0 heterocycles. The van der Waals surface area contributed by atoms with E-state index in [1.165, 1.54) is 24.8 Å². The Bertz CT molecular complexity index is 290. The van der Waals surface area contributed by atoms with Gasteiger partial charge in [0.1, 0.15) is 0 Å². The van der Waals surface area contributed by atoms with E-state index in [0.29, 0.717) is 0 Å². The standard InChI is InChI=1S/5CN.Fe/c5*1-2;. The predicted octanol–water partition coefficient (Wildman–Crippen LogP) is 0.0814. The van der Waals surface area contributed by atoms with Crippen LogP contribution in [0.5, 0.6) is 0 Å². The van der Waals surface area contributed by atoms with Crippen molar-refractivity contribution < 1.29 is 11.8 Å². The number of nitriles is 5. The number of nitrogens with zero attached hydrogens (tertiary/aromatic N) is 5. The van der Waals surface area contributed by atoms with Crippen molar-refractivity contribution in [2.75, 3.05) is 0 Å². The van der Waals surface area contributed by atoms with Crippen molar-refractivity contribution in [1.82, 2.24) is 0 Å². The second-order valence-corrected chi connectivity index (χ2v) is 5.27. The van der Waals surface area contributed by atoms with Gasteiger partial charge in [-0.25, -0.2) is 0 Å². The molecule has 11 heavy (non-hydrogen) atoms. The molecular formula is C5FeN5. The average molecular weight is 186 g/mol. The van der Waals surface area contributed by atoms with Gasteiger partial charge in [-0.2, -0.15) is 0 Å². The van der Waals surface area contributed by atoms with E-state index in [2.05, 4.69) is 0 Å². The van der Waals surface area contributed by atoms with Crippen molar-refractivity contribution in [2.45, 2.75) is 0 Å². The van der Waals surface area contributed by atoms with Gasteiger partial charge in [0.2, 0.25) is 0 Å². The Kier molecular flexibility index (Phi) is 1.88. The molecule has 5 nitrogen and oxygen atoms in total. The fourth-order valence-electron chi connectivity index (χ4n) is 0.177. The first-order valence-corrected chi connectivity index (χ1v) is 4.76. The molecule has 0 fully saturated rings. The second kappa shape index (κ2) is 2.30. The number of rotatable bonds is 0. The first-order chi connectivity index (χ1) is 5.12. The van der Waals surface area contributed by atoms with Crippen LogP contribution < -0.4 is 0 Å². The molecule has 0 unspecified atom stereocenters. The Labute approximate surface area is 63.5 Å². The van der Waals surface area contributed by atoms with Crippen LogP contribution in [0.1, 0.15) is 0 Å². The maximum absolute atomic E-state index is 8.35. The molecule has 0 aromatic carbocycles. The molecule has 53 valence electrons. The topological polar surface area (TPSA) is 119 Å². The Morgan fingerprint density at radius 1 is 0.545 bits per heavy atom. The van der Waals surface area contributed by atoms with Gasteiger partial charge < -0.3 is 0 Å². The van der Waals surface area contributed by atoms with Gasteiger partial charge in [-0.05, 0) is 0 Å². The summed E-state index contributed by atoms with van der Waals surface area (Å²) < 4.78 is 0. The molecule has 0 aromatic rings. The Balaban J connectivity index is 5.87. The normalized spacial score (nSPS) is 11.4. The summed E-state index contributed by atoms with van der Waals surface area (Å²) in [5.41, 5.74) is 0. The van der Waals surface area contributed by atoms with Crippen molar-refractivity contribution in [1.29, 1.82) is 26.3 Å². The van der Waals surface area contributed by atoms with Crippen molar-refractivity contribution >= 4 is 0 Å². The van der Waals surface area contributed by atoms with E-state index in [4.69, 9.17) is 26.3 Å². The van der Waals surface area contributed by atoms with E-state index in [9.17, 15) is 0 Å². The molecule has 0 bridgehead atoms. The Hall–Kier alpha value is -2.03. The molecule has 0 spiro atoms. The predicted molar refractivity (Wildman–Crippen MR) is 28.1 cm³/mol. The third kappa shape index (κ3) is 0.879. The van der Waals surface area contributed by atoms with Gasteiger partial charge in [0.05, 0.1) is 0 Å². The van der Waals surface area contributed by atoms with Crippen LogP contribution in [0, 0.1) is 51.1 Å². The van der Waals surface area contributed by atoms with Gasteiger partial charge in [0.15, 0.2) is 0 Å². The molecule has 0 aliphatic heterocycles. The van der Waals surface area contributed by atoms with Gasteiger partial charge >= 0.3 is 62.9 Å². The third-order valence-electron chi connectivity index (χ3n) is 0.791. The quantitative estimate of drug-likeness (QED) is 0.496. The first-order valence-electron chi connectivity index (χ1n) is 2.00. The van der Waals surface area contributed by atoms with Crippen LogP contribution >= 0.6 is 0 Å². The molecule has 0 amide bonds. The van der Waals surface area contributed by atoms with Crippen LogP contribution in [-0.4, -0.2) is 0 Å². The summed E-state index contributed by atoms with van der Waals surface area (Å²) in [5, 5.41) is 41.8. The van der Waals surface area contributed by atoms with Crippen LogP contribution in [0.4, 0.5) is 0 Å². The van der Waals surface area contributed by atoms with E-state index in [0.717, 1.165) is 0 Å². The van der Waals surface area contributed by atoms with Gasteiger partial charge in [0.25, 0.3) is 0 Å². The summed E-state index contributed by atoms with van der Waals surface area (Å²) in [6.45, 7) is 0. The summed E-state index contributed by atoms with van der Waals surface area (Å²) in [6.07, 6.45) is 0. The van der Waals surface area contributed by atoms with Crippen LogP contribution in [0.2, 0.25) is 0 Å². The van der Waals surface area contributed by atoms with Crippen LogP contribution in [0.3, 0.4) is 0 Å². The minimum atomic E-state index is -4.78. The van der Waals surface area contributed by atoms with Crippen molar-refractivity contribution in [3.63, 3.8) is 0 Å². The molecule has 0 saturated carbocycles. The van der Waals surface area contributed by atoms with Crippen molar-refractivity contribution in [2.24, 2.45) is 0 Å². The van der Waals surface area contributed by atoms with Crippen LogP contribution in [-0.2, 0) is 11.8 Å². The second-order valence-electron chi connectivity index (χ2n) is 1.28.